The molecule has 0 bridgehead atoms. The number of rotatable bonds is 4. The van der Waals surface area contributed by atoms with Crippen LogP contribution in [0.4, 0.5) is 0 Å². The van der Waals surface area contributed by atoms with E-state index >= 15 is 0 Å². The maximum absolute atomic E-state index is 6.20. The van der Waals surface area contributed by atoms with Gasteiger partial charge in [0.15, 0.2) is 5.76 Å². The topological polar surface area (TPSA) is 29.8 Å². The molecule has 20 heavy (non-hydrogen) atoms. The van der Waals surface area contributed by atoms with Crippen molar-refractivity contribution >= 4 is 23.2 Å². The summed E-state index contributed by atoms with van der Waals surface area (Å²) in [5.41, 5.74) is 0.892. The van der Waals surface area contributed by atoms with Gasteiger partial charge in [0.25, 0.3) is 0 Å². The minimum atomic E-state index is 0.623. The van der Waals surface area contributed by atoms with Crippen LogP contribution < -0.4 is 5.32 Å². The molecule has 0 spiro atoms. The fourth-order valence-corrected chi connectivity index (χ4v) is 3.30. The molecule has 106 valence electrons. The average Bonchev–Trinajstić information content (AvgIpc) is 3.07. The largest absolute Gasteiger partial charge is 0.455 e. The molecule has 0 atom stereocenters. The van der Waals surface area contributed by atoms with E-state index in [9.17, 15) is 0 Å². The third-order valence-corrected chi connectivity index (χ3v) is 4.46. The highest BCUT2D eigenvalue weighted by Crippen LogP contribution is 2.31. The van der Waals surface area contributed by atoms with Crippen LogP contribution in [0.3, 0.4) is 0 Å². The first kappa shape index (κ1) is 14.0. The van der Waals surface area contributed by atoms with Gasteiger partial charge in [0.05, 0.1) is 11.1 Å². The summed E-state index contributed by atoms with van der Waals surface area (Å²) in [7, 11) is 0. The van der Waals surface area contributed by atoms with Crippen LogP contribution in [-0.2, 0) is 6.54 Å². The predicted octanol–water partition coefficient (Wildman–Crippen LogP) is 4.26. The van der Waals surface area contributed by atoms with Crippen molar-refractivity contribution in [2.24, 2.45) is 0 Å². The number of nitrogens with two attached hydrogens (primary N) is 1. The number of quaternary nitrogens is 1. The van der Waals surface area contributed by atoms with Gasteiger partial charge in [0.1, 0.15) is 12.3 Å². The summed E-state index contributed by atoms with van der Waals surface area (Å²) < 4.78 is 5.89. The van der Waals surface area contributed by atoms with Gasteiger partial charge < -0.3 is 9.73 Å². The molecular weight excluding hydrogens is 293 g/mol. The molecule has 1 saturated carbocycles. The van der Waals surface area contributed by atoms with Crippen LogP contribution in [0.15, 0.2) is 34.7 Å². The van der Waals surface area contributed by atoms with E-state index in [-0.39, 0.29) is 0 Å². The molecule has 1 aliphatic rings. The molecule has 0 saturated heterocycles. The number of halogens is 2. The van der Waals surface area contributed by atoms with E-state index in [4.69, 9.17) is 27.6 Å². The normalized spacial score (nSPS) is 15.9. The maximum Gasteiger partial charge on any atom is 0.158 e. The zero-order chi connectivity index (χ0) is 13.9. The van der Waals surface area contributed by atoms with E-state index < -0.39 is 0 Å². The minimum Gasteiger partial charge on any atom is -0.455 e. The first-order valence-corrected chi connectivity index (χ1v) is 7.85. The van der Waals surface area contributed by atoms with Crippen LogP contribution in [-0.4, -0.2) is 6.04 Å². The first-order chi connectivity index (χ1) is 9.72. The van der Waals surface area contributed by atoms with Gasteiger partial charge in [-0.2, -0.15) is 0 Å². The lowest BCUT2D eigenvalue weighted by atomic mass is 10.2. The van der Waals surface area contributed by atoms with Crippen molar-refractivity contribution in [1.29, 1.82) is 0 Å². The fraction of sp³-hybridized carbons (Fsp3) is 0.375. The smallest absolute Gasteiger partial charge is 0.158 e. The summed E-state index contributed by atoms with van der Waals surface area (Å²) in [4.78, 5) is 0. The molecule has 0 unspecified atom stereocenters. The average molecular weight is 311 g/mol. The predicted molar refractivity (Wildman–Crippen MR) is 82.0 cm³/mol. The zero-order valence-corrected chi connectivity index (χ0v) is 12.8. The highest BCUT2D eigenvalue weighted by molar-refractivity contribution is 6.36. The SMILES string of the molecule is Clc1ccc(-c2ccc(C[NH2+]C3CCCC3)o2)c(Cl)c1. The lowest BCUT2D eigenvalue weighted by molar-refractivity contribution is -0.704. The Balaban J connectivity index is 1.69. The molecule has 4 heteroatoms. The Labute approximate surface area is 129 Å². The van der Waals surface area contributed by atoms with Crippen LogP contribution in [0, 0.1) is 0 Å². The summed E-state index contributed by atoms with van der Waals surface area (Å²) in [6, 6.07) is 10.2. The van der Waals surface area contributed by atoms with E-state index in [2.05, 4.69) is 5.32 Å². The van der Waals surface area contributed by atoms with Crippen LogP contribution in [0.5, 0.6) is 0 Å². The van der Waals surface area contributed by atoms with Crippen LogP contribution in [0.1, 0.15) is 31.4 Å². The van der Waals surface area contributed by atoms with Gasteiger partial charge in [-0.3, -0.25) is 0 Å². The quantitative estimate of drug-likeness (QED) is 0.898. The van der Waals surface area contributed by atoms with E-state index in [1.165, 1.54) is 25.7 Å². The number of benzene rings is 1. The van der Waals surface area contributed by atoms with Gasteiger partial charge in [0, 0.05) is 10.6 Å². The molecule has 1 heterocycles. The standard InChI is InChI=1S/C16H17Cl2NO/c17-11-5-7-14(15(18)9-11)16-8-6-13(20-16)10-19-12-3-1-2-4-12/h5-9,12,19H,1-4,10H2/p+1. The van der Waals surface area contributed by atoms with Gasteiger partial charge >= 0.3 is 0 Å². The molecule has 1 aromatic carbocycles. The summed E-state index contributed by atoms with van der Waals surface area (Å²) in [5.74, 6) is 1.81. The first-order valence-electron chi connectivity index (χ1n) is 7.10. The van der Waals surface area contributed by atoms with E-state index in [0.29, 0.717) is 10.0 Å². The van der Waals surface area contributed by atoms with Gasteiger partial charge in [0.2, 0.25) is 0 Å². The van der Waals surface area contributed by atoms with Crippen molar-refractivity contribution in [1.82, 2.24) is 0 Å². The van der Waals surface area contributed by atoms with Crippen molar-refractivity contribution in [2.45, 2.75) is 38.3 Å². The molecule has 1 aromatic heterocycles. The van der Waals surface area contributed by atoms with Crippen molar-refractivity contribution in [3.8, 4) is 11.3 Å². The summed E-state index contributed by atoms with van der Waals surface area (Å²) in [6.07, 6.45) is 5.39. The highest BCUT2D eigenvalue weighted by Gasteiger charge is 2.18. The van der Waals surface area contributed by atoms with Gasteiger partial charge in [-0.25, -0.2) is 0 Å². The second-order valence-electron chi connectivity index (χ2n) is 5.37. The lowest BCUT2D eigenvalue weighted by Gasteiger charge is -2.06. The van der Waals surface area contributed by atoms with Crippen molar-refractivity contribution < 1.29 is 9.73 Å². The zero-order valence-electron chi connectivity index (χ0n) is 11.2. The second kappa shape index (κ2) is 6.21. The highest BCUT2D eigenvalue weighted by atomic mass is 35.5. The maximum atomic E-state index is 6.20. The summed E-state index contributed by atoms with van der Waals surface area (Å²) in [5, 5.41) is 3.65. The molecule has 2 nitrogen and oxygen atoms in total. The molecule has 0 radical (unpaired) electrons. The van der Waals surface area contributed by atoms with Gasteiger partial charge in [-0.05, 0) is 56.0 Å². The monoisotopic (exact) mass is 310 g/mol. The van der Waals surface area contributed by atoms with Crippen LogP contribution in [0.25, 0.3) is 11.3 Å². The van der Waals surface area contributed by atoms with Crippen molar-refractivity contribution in [3.05, 3.63) is 46.1 Å². The molecule has 2 aromatic rings. The molecule has 0 aliphatic heterocycles. The Morgan fingerprint density at radius 2 is 1.90 bits per heavy atom. The van der Waals surface area contributed by atoms with Crippen molar-refractivity contribution in [3.63, 3.8) is 0 Å². The molecule has 3 rings (SSSR count). The number of hydrogen-bond acceptors (Lipinski definition) is 1. The molecule has 0 amide bonds. The number of hydrogen-bond donors (Lipinski definition) is 1. The minimum absolute atomic E-state index is 0.623. The third-order valence-electron chi connectivity index (χ3n) is 3.91. The fourth-order valence-electron chi connectivity index (χ4n) is 2.80. The Bertz CT molecular complexity index is 588. The molecule has 1 aliphatic carbocycles. The van der Waals surface area contributed by atoms with Crippen LogP contribution >= 0.6 is 23.2 Å². The van der Waals surface area contributed by atoms with Crippen LogP contribution in [0.2, 0.25) is 10.0 Å². The summed E-state index contributed by atoms with van der Waals surface area (Å²) in [6.45, 7) is 0.899. The molecular formula is C16H18Cl2NO+. The Morgan fingerprint density at radius 1 is 1.10 bits per heavy atom. The van der Waals surface area contributed by atoms with Gasteiger partial charge in [-0.15, -0.1) is 0 Å². The number of furan rings is 1. The van der Waals surface area contributed by atoms with Crippen molar-refractivity contribution in [2.75, 3.05) is 0 Å². The third kappa shape index (κ3) is 3.20. The van der Waals surface area contributed by atoms with Gasteiger partial charge in [-0.1, -0.05) is 23.2 Å². The summed E-state index contributed by atoms with van der Waals surface area (Å²) >= 11 is 12.1. The Hall–Kier alpha value is -0.960. The van der Waals surface area contributed by atoms with E-state index in [1.54, 1.807) is 6.07 Å². The Morgan fingerprint density at radius 3 is 2.65 bits per heavy atom. The molecule has 2 N–H and O–H groups in total. The lowest BCUT2D eigenvalue weighted by Crippen LogP contribution is -2.87. The Kier molecular flexibility index (Phi) is 4.35. The second-order valence-corrected chi connectivity index (χ2v) is 6.22. The molecule has 1 fully saturated rings. The van der Waals surface area contributed by atoms with E-state index in [1.807, 2.05) is 24.3 Å². The van der Waals surface area contributed by atoms with E-state index in [0.717, 1.165) is 29.7 Å².